The quantitative estimate of drug-likeness (QED) is 0.768. The summed E-state index contributed by atoms with van der Waals surface area (Å²) in [6, 6.07) is 0.515. The number of primary amides is 1. The number of hydrogen-bond acceptors (Lipinski definition) is 4. The standard InChI is InChI=1S/C9H10F2N2O3S/c10-5-1-2-6(11)8(3-5)17(15,16)4-7(12)9(13)14/h1-3,7H,4,12H2,(H2,13,14). The Morgan fingerprint density at radius 2 is 1.94 bits per heavy atom. The first-order valence-electron chi connectivity index (χ1n) is 4.47. The first-order valence-corrected chi connectivity index (χ1v) is 6.12. The highest BCUT2D eigenvalue weighted by atomic mass is 32.2. The average Bonchev–Trinajstić information content (AvgIpc) is 2.20. The Balaban J connectivity index is 3.13. The molecule has 5 nitrogen and oxygen atoms in total. The lowest BCUT2D eigenvalue weighted by Gasteiger charge is -2.09. The summed E-state index contributed by atoms with van der Waals surface area (Å²) in [5, 5.41) is 0. The number of nitrogens with two attached hydrogens (primary N) is 2. The van der Waals surface area contributed by atoms with E-state index in [1.165, 1.54) is 0 Å². The van der Waals surface area contributed by atoms with Crippen LogP contribution in [0.5, 0.6) is 0 Å². The van der Waals surface area contributed by atoms with Crippen LogP contribution < -0.4 is 11.5 Å². The molecule has 0 heterocycles. The number of rotatable bonds is 4. The molecule has 0 bridgehead atoms. The molecule has 0 spiro atoms. The van der Waals surface area contributed by atoms with E-state index >= 15 is 0 Å². The SMILES string of the molecule is NC(=O)C(N)CS(=O)(=O)c1cc(F)ccc1F. The number of amides is 1. The van der Waals surface area contributed by atoms with Crippen molar-refractivity contribution in [3.05, 3.63) is 29.8 Å². The summed E-state index contributed by atoms with van der Waals surface area (Å²) < 4.78 is 49.3. The van der Waals surface area contributed by atoms with Gasteiger partial charge in [0, 0.05) is 0 Å². The van der Waals surface area contributed by atoms with Crippen LogP contribution in [0.1, 0.15) is 0 Å². The van der Waals surface area contributed by atoms with Gasteiger partial charge in [-0.25, -0.2) is 17.2 Å². The van der Waals surface area contributed by atoms with Gasteiger partial charge in [-0.15, -0.1) is 0 Å². The van der Waals surface area contributed by atoms with Gasteiger partial charge in [0.1, 0.15) is 16.5 Å². The van der Waals surface area contributed by atoms with E-state index in [1.54, 1.807) is 0 Å². The van der Waals surface area contributed by atoms with Crippen LogP contribution in [0.15, 0.2) is 23.1 Å². The molecule has 94 valence electrons. The Kier molecular flexibility index (Phi) is 3.79. The van der Waals surface area contributed by atoms with Crippen LogP contribution in [0.25, 0.3) is 0 Å². The Morgan fingerprint density at radius 3 is 2.47 bits per heavy atom. The lowest BCUT2D eigenvalue weighted by Crippen LogP contribution is -2.42. The summed E-state index contributed by atoms with van der Waals surface area (Å²) >= 11 is 0. The lowest BCUT2D eigenvalue weighted by molar-refractivity contribution is -0.118. The minimum absolute atomic E-state index is 0.526. The van der Waals surface area contributed by atoms with Gasteiger partial charge in [0.05, 0.1) is 11.8 Å². The molecule has 1 aromatic rings. The predicted molar refractivity (Wildman–Crippen MR) is 55.6 cm³/mol. The predicted octanol–water partition coefficient (Wildman–Crippen LogP) is -0.449. The summed E-state index contributed by atoms with van der Waals surface area (Å²) in [7, 11) is -4.20. The Morgan fingerprint density at radius 1 is 1.35 bits per heavy atom. The van der Waals surface area contributed by atoms with Crippen LogP contribution in [-0.4, -0.2) is 26.1 Å². The maximum absolute atomic E-state index is 13.2. The lowest BCUT2D eigenvalue weighted by atomic mass is 10.3. The summed E-state index contributed by atoms with van der Waals surface area (Å²) in [6.45, 7) is 0. The molecular formula is C9H10F2N2O3S. The Hall–Kier alpha value is -1.54. The highest BCUT2D eigenvalue weighted by molar-refractivity contribution is 7.91. The van der Waals surface area contributed by atoms with Gasteiger partial charge >= 0.3 is 0 Å². The molecule has 1 amide bonds. The van der Waals surface area contributed by atoms with E-state index < -0.39 is 44.1 Å². The van der Waals surface area contributed by atoms with Crippen molar-refractivity contribution < 1.29 is 22.0 Å². The molecule has 0 aliphatic heterocycles. The second-order valence-corrected chi connectivity index (χ2v) is 5.37. The summed E-state index contributed by atoms with van der Waals surface area (Å²) in [4.78, 5) is 9.79. The fourth-order valence-corrected chi connectivity index (χ4v) is 2.60. The van der Waals surface area contributed by atoms with Crippen molar-refractivity contribution in [2.24, 2.45) is 11.5 Å². The van der Waals surface area contributed by atoms with E-state index in [1.807, 2.05) is 0 Å². The zero-order chi connectivity index (χ0) is 13.2. The van der Waals surface area contributed by atoms with Gasteiger partial charge in [0.25, 0.3) is 0 Å². The molecule has 1 unspecified atom stereocenters. The highest BCUT2D eigenvalue weighted by Crippen LogP contribution is 2.17. The Labute approximate surface area is 96.3 Å². The zero-order valence-electron chi connectivity index (χ0n) is 8.56. The molecule has 0 fully saturated rings. The average molecular weight is 264 g/mol. The molecule has 0 aromatic heterocycles. The third kappa shape index (κ3) is 3.21. The van der Waals surface area contributed by atoms with Crippen LogP contribution in [0.2, 0.25) is 0 Å². The van der Waals surface area contributed by atoms with Crippen molar-refractivity contribution in [3.8, 4) is 0 Å². The van der Waals surface area contributed by atoms with E-state index in [4.69, 9.17) is 11.5 Å². The largest absolute Gasteiger partial charge is 0.368 e. The van der Waals surface area contributed by atoms with Crippen LogP contribution in [0, 0.1) is 11.6 Å². The number of halogens is 2. The molecular weight excluding hydrogens is 254 g/mol. The molecule has 4 N–H and O–H groups in total. The van der Waals surface area contributed by atoms with E-state index in [2.05, 4.69) is 0 Å². The van der Waals surface area contributed by atoms with Gasteiger partial charge in [0.15, 0.2) is 9.84 Å². The molecule has 0 radical (unpaired) electrons. The minimum atomic E-state index is -4.20. The third-order valence-electron chi connectivity index (χ3n) is 1.99. The fourth-order valence-electron chi connectivity index (χ4n) is 1.12. The fraction of sp³-hybridized carbons (Fsp3) is 0.222. The molecule has 17 heavy (non-hydrogen) atoms. The Bertz CT molecular complexity index is 545. The highest BCUT2D eigenvalue weighted by Gasteiger charge is 2.25. The molecule has 8 heteroatoms. The molecule has 0 saturated heterocycles. The maximum Gasteiger partial charge on any atom is 0.235 e. The smallest absolute Gasteiger partial charge is 0.235 e. The monoisotopic (exact) mass is 264 g/mol. The van der Waals surface area contributed by atoms with Gasteiger partial charge < -0.3 is 11.5 Å². The van der Waals surface area contributed by atoms with Crippen molar-refractivity contribution in [3.63, 3.8) is 0 Å². The van der Waals surface area contributed by atoms with Gasteiger partial charge in [-0.05, 0) is 18.2 Å². The van der Waals surface area contributed by atoms with Crippen molar-refractivity contribution >= 4 is 15.7 Å². The molecule has 1 atom stereocenters. The van der Waals surface area contributed by atoms with E-state index in [-0.39, 0.29) is 0 Å². The van der Waals surface area contributed by atoms with Crippen LogP contribution in [0.3, 0.4) is 0 Å². The summed E-state index contributed by atoms with van der Waals surface area (Å²) in [5.41, 5.74) is 9.95. The van der Waals surface area contributed by atoms with Gasteiger partial charge in [-0.1, -0.05) is 0 Å². The molecule has 0 aliphatic rings. The third-order valence-corrected chi connectivity index (χ3v) is 3.77. The number of hydrogen-bond donors (Lipinski definition) is 2. The maximum atomic E-state index is 13.2. The second-order valence-electron chi connectivity index (χ2n) is 3.37. The molecule has 1 aromatic carbocycles. The van der Waals surface area contributed by atoms with Crippen molar-refractivity contribution in [2.75, 3.05) is 5.75 Å². The number of carbonyl (C=O) groups excluding carboxylic acids is 1. The molecule has 0 aliphatic carbocycles. The normalized spacial score (nSPS) is 13.4. The van der Waals surface area contributed by atoms with Crippen LogP contribution >= 0.6 is 0 Å². The molecule has 0 saturated carbocycles. The number of benzene rings is 1. The van der Waals surface area contributed by atoms with E-state index in [9.17, 15) is 22.0 Å². The molecule has 1 rings (SSSR count). The second kappa shape index (κ2) is 4.76. The van der Waals surface area contributed by atoms with Crippen molar-refractivity contribution in [1.29, 1.82) is 0 Å². The summed E-state index contributed by atoms with van der Waals surface area (Å²) in [6.07, 6.45) is 0. The first-order chi connectivity index (χ1) is 7.74. The topological polar surface area (TPSA) is 103 Å². The van der Waals surface area contributed by atoms with Crippen molar-refractivity contribution in [1.82, 2.24) is 0 Å². The minimum Gasteiger partial charge on any atom is -0.368 e. The van der Waals surface area contributed by atoms with Gasteiger partial charge in [0.2, 0.25) is 5.91 Å². The van der Waals surface area contributed by atoms with E-state index in [0.717, 1.165) is 6.07 Å². The number of carbonyl (C=O) groups is 1. The zero-order valence-corrected chi connectivity index (χ0v) is 9.38. The summed E-state index contributed by atoms with van der Waals surface area (Å²) in [5.74, 6) is -3.92. The van der Waals surface area contributed by atoms with E-state index in [0.29, 0.717) is 12.1 Å². The van der Waals surface area contributed by atoms with Crippen molar-refractivity contribution in [2.45, 2.75) is 10.9 Å². The van der Waals surface area contributed by atoms with Gasteiger partial charge in [-0.3, -0.25) is 4.79 Å². The van der Waals surface area contributed by atoms with Gasteiger partial charge in [-0.2, -0.15) is 0 Å². The number of sulfone groups is 1. The van der Waals surface area contributed by atoms with Crippen LogP contribution in [0.4, 0.5) is 8.78 Å². The van der Waals surface area contributed by atoms with Crippen LogP contribution in [-0.2, 0) is 14.6 Å². The first kappa shape index (κ1) is 13.5.